The van der Waals surface area contributed by atoms with E-state index in [0.717, 1.165) is 26.2 Å². The van der Waals surface area contributed by atoms with Crippen molar-refractivity contribution in [1.82, 2.24) is 5.32 Å². The third-order valence-electron chi connectivity index (χ3n) is 4.07. The van der Waals surface area contributed by atoms with Gasteiger partial charge >= 0.3 is 0 Å². The summed E-state index contributed by atoms with van der Waals surface area (Å²) < 4.78 is 0. The number of nitrogens with zero attached hydrogens (tertiary/aromatic N) is 1. The van der Waals surface area contributed by atoms with Crippen LogP contribution >= 0.6 is 0 Å². The maximum atomic E-state index is 3.55. The van der Waals surface area contributed by atoms with Gasteiger partial charge in [0.15, 0.2) is 0 Å². The largest absolute Gasteiger partial charge is 0.366 e. The van der Waals surface area contributed by atoms with Crippen LogP contribution in [0.4, 0.5) is 5.69 Å². The number of anilines is 1. The van der Waals surface area contributed by atoms with Crippen molar-refractivity contribution < 1.29 is 0 Å². The number of hydrogen-bond donors (Lipinski definition) is 1. The first-order valence-electron chi connectivity index (χ1n) is 8.50. The molecule has 0 bridgehead atoms. The first kappa shape index (κ1) is 16.3. The molecule has 0 fully saturated rings. The van der Waals surface area contributed by atoms with E-state index in [1.165, 1.54) is 16.8 Å². The van der Waals surface area contributed by atoms with Crippen LogP contribution in [0, 0.1) is 0 Å². The number of para-hydroxylation sites is 1. The molecule has 1 N–H and O–H groups in total. The van der Waals surface area contributed by atoms with Gasteiger partial charge in [-0.1, -0.05) is 78.9 Å². The number of benzene rings is 3. The van der Waals surface area contributed by atoms with Crippen molar-refractivity contribution >= 4 is 5.69 Å². The molecule has 0 aliphatic heterocycles. The monoisotopic (exact) mass is 316 g/mol. The van der Waals surface area contributed by atoms with Crippen molar-refractivity contribution in [2.45, 2.75) is 13.1 Å². The van der Waals surface area contributed by atoms with Crippen molar-refractivity contribution in [3.05, 3.63) is 102 Å². The molecule has 0 atom stereocenters. The highest BCUT2D eigenvalue weighted by atomic mass is 15.1. The molecular formula is C22H24N2. The molecular weight excluding hydrogens is 292 g/mol. The predicted molar refractivity (Wildman–Crippen MR) is 102 cm³/mol. The number of hydrogen-bond acceptors (Lipinski definition) is 2. The molecule has 0 aromatic heterocycles. The van der Waals surface area contributed by atoms with Crippen LogP contribution in [0.15, 0.2) is 91.0 Å². The Kier molecular flexibility index (Phi) is 6.04. The van der Waals surface area contributed by atoms with Crippen LogP contribution in [0.2, 0.25) is 0 Å². The first-order valence-corrected chi connectivity index (χ1v) is 8.50. The molecule has 0 radical (unpaired) electrons. The minimum Gasteiger partial charge on any atom is -0.366 e. The second kappa shape index (κ2) is 8.90. The lowest BCUT2D eigenvalue weighted by Crippen LogP contribution is -2.31. The lowest BCUT2D eigenvalue weighted by Gasteiger charge is -2.25. The van der Waals surface area contributed by atoms with Gasteiger partial charge in [0.2, 0.25) is 0 Å². The van der Waals surface area contributed by atoms with Gasteiger partial charge in [0.25, 0.3) is 0 Å². The van der Waals surface area contributed by atoms with Crippen molar-refractivity contribution in [2.24, 2.45) is 0 Å². The zero-order valence-corrected chi connectivity index (χ0v) is 13.9. The van der Waals surface area contributed by atoms with Crippen LogP contribution in [0.5, 0.6) is 0 Å². The fourth-order valence-electron chi connectivity index (χ4n) is 2.78. The zero-order valence-electron chi connectivity index (χ0n) is 13.9. The van der Waals surface area contributed by atoms with E-state index >= 15 is 0 Å². The predicted octanol–water partition coefficient (Wildman–Crippen LogP) is 4.48. The molecule has 0 saturated heterocycles. The van der Waals surface area contributed by atoms with Crippen molar-refractivity contribution in [2.75, 3.05) is 18.0 Å². The summed E-state index contributed by atoms with van der Waals surface area (Å²) in [4.78, 5) is 2.42. The Morgan fingerprint density at radius 3 is 1.79 bits per heavy atom. The second-order valence-corrected chi connectivity index (χ2v) is 5.91. The normalized spacial score (nSPS) is 10.5. The SMILES string of the molecule is c1ccc(CNCCN(Cc2ccccc2)c2ccccc2)cc1. The van der Waals surface area contributed by atoms with E-state index in [4.69, 9.17) is 0 Å². The van der Waals surface area contributed by atoms with Crippen molar-refractivity contribution in [3.63, 3.8) is 0 Å². The molecule has 0 aliphatic rings. The van der Waals surface area contributed by atoms with E-state index in [1.54, 1.807) is 0 Å². The van der Waals surface area contributed by atoms with E-state index in [1.807, 2.05) is 0 Å². The molecule has 3 rings (SSSR count). The van der Waals surface area contributed by atoms with Gasteiger partial charge in [-0.25, -0.2) is 0 Å². The van der Waals surface area contributed by atoms with E-state index in [0.29, 0.717) is 0 Å². The number of rotatable bonds is 8. The van der Waals surface area contributed by atoms with Crippen LogP contribution in [0.25, 0.3) is 0 Å². The molecule has 3 aromatic carbocycles. The van der Waals surface area contributed by atoms with Crippen LogP contribution < -0.4 is 10.2 Å². The van der Waals surface area contributed by atoms with Gasteiger partial charge in [-0.3, -0.25) is 0 Å². The Morgan fingerprint density at radius 1 is 0.625 bits per heavy atom. The van der Waals surface area contributed by atoms with Gasteiger partial charge < -0.3 is 10.2 Å². The molecule has 3 aromatic rings. The van der Waals surface area contributed by atoms with E-state index < -0.39 is 0 Å². The minimum atomic E-state index is 0.912. The van der Waals surface area contributed by atoms with Crippen LogP contribution in [0.1, 0.15) is 11.1 Å². The third kappa shape index (κ3) is 4.97. The van der Waals surface area contributed by atoms with Gasteiger partial charge in [-0.15, -0.1) is 0 Å². The molecule has 0 heterocycles. The summed E-state index contributed by atoms with van der Waals surface area (Å²) in [6.45, 7) is 3.77. The average Bonchev–Trinajstić information content (AvgIpc) is 2.66. The van der Waals surface area contributed by atoms with Gasteiger partial charge in [-0.2, -0.15) is 0 Å². The van der Waals surface area contributed by atoms with Gasteiger partial charge in [-0.05, 0) is 23.3 Å². The van der Waals surface area contributed by atoms with Crippen molar-refractivity contribution in [3.8, 4) is 0 Å². The Labute approximate surface area is 144 Å². The Bertz CT molecular complexity index is 696. The quantitative estimate of drug-likeness (QED) is 0.616. The first-order chi connectivity index (χ1) is 11.9. The third-order valence-corrected chi connectivity index (χ3v) is 4.07. The average molecular weight is 316 g/mol. The maximum absolute atomic E-state index is 3.55. The Balaban J connectivity index is 1.58. The highest BCUT2D eigenvalue weighted by molar-refractivity contribution is 5.46. The minimum absolute atomic E-state index is 0.912. The summed E-state index contributed by atoms with van der Waals surface area (Å²) in [7, 11) is 0. The zero-order chi connectivity index (χ0) is 16.5. The molecule has 2 nitrogen and oxygen atoms in total. The summed E-state index contributed by atoms with van der Waals surface area (Å²) in [5.41, 5.74) is 3.93. The van der Waals surface area contributed by atoms with Crippen molar-refractivity contribution in [1.29, 1.82) is 0 Å². The van der Waals surface area contributed by atoms with Crippen LogP contribution in [-0.2, 0) is 13.1 Å². The van der Waals surface area contributed by atoms with E-state index in [2.05, 4.69) is 101 Å². The summed E-state index contributed by atoms with van der Waals surface area (Å²) >= 11 is 0. The molecule has 0 unspecified atom stereocenters. The summed E-state index contributed by atoms with van der Waals surface area (Å²) in [5, 5.41) is 3.55. The Morgan fingerprint density at radius 2 is 1.17 bits per heavy atom. The van der Waals surface area contributed by atoms with Crippen LogP contribution in [0.3, 0.4) is 0 Å². The smallest absolute Gasteiger partial charge is 0.0430 e. The standard InChI is InChI=1S/C22H24N2/c1-4-10-20(11-5-1)18-23-16-17-24(22-14-8-3-9-15-22)19-21-12-6-2-7-13-21/h1-15,23H,16-19H2. The molecule has 0 aliphatic carbocycles. The summed E-state index contributed by atoms with van der Waals surface area (Å²) in [5.74, 6) is 0. The molecule has 2 heteroatoms. The maximum Gasteiger partial charge on any atom is 0.0430 e. The van der Waals surface area contributed by atoms with E-state index in [9.17, 15) is 0 Å². The fourth-order valence-corrected chi connectivity index (χ4v) is 2.78. The highest BCUT2D eigenvalue weighted by Crippen LogP contribution is 2.16. The molecule has 122 valence electrons. The summed E-state index contributed by atoms with van der Waals surface area (Å²) in [6, 6.07) is 31.8. The molecule has 0 saturated carbocycles. The van der Waals surface area contributed by atoms with Gasteiger partial charge in [0, 0.05) is 31.9 Å². The lowest BCUT2D eigenvalue weighted by molar-refractivity contribution is 0.658. The van der Waals surface area contributed by atoms with Gasteiger partial charge in [0.1, 0.15) is 0 Å². The number of nitrogens with one attached hydrogen (secondary N) is 1. The fraction of sp³-hybridized carbons (Fsp3) is 0.182. The molecule has 24 heavy (non-hydrogen) atoms. The van der Waals surface area contributed by atoms with Crippen LogP contribution in [-0.4, -0.2) is 13.1 Å². The highest BCUT2D eigenvalue weighted by Gasteiger charge is 2.06. The van der Waals surface area contributed by atoms with Gasteiger partial charge in [0.05, 0.1) is 0 Å². The lowest BCUT2D eigenvalue weighted by atomic mass is 10.2. The Hall–Kier alpha value is -2.58. The summed E-state index contributed by atoms with van der Waals surface area (Å²) in [6.07, 6.45) is 0. The molecule has 0 amide bonds. The second-order valence-electron chi connectivity index (χ2n) is 5.91. The van der Waals surface area contributed by atoms with E-state index in [-0.39, 0.29) is 0 Å². The topological polar surface area (TPSA) is 15.3 Å². The molecule has 0 spiro atoms.